The largest absolute Gasteiger partial charge is 0.465 e. The van der Waals surface area contributed by atoms with Crippen LogP contribution >= 0.6 is 11.8 Å². The Hall–Kier alpha value is -0.220. The summed E-state index contributed by atoms with van der Waals surface area (Å²) in [6.45, 7) is 8.53. The minimum Gasteiger partial charge on any atom is -0.465 e. The Labute approximate surface area is 96.5 Å². The number of ether oxygens (including phenoxy) is 1. The minimum atomic E-state index is -0.0872. The van der Waals surface area contributed by atoms with Crippen LogP contribution in [0.1, 0.15) is 27.2 Å². The molecule has 1 aliphatic rings. The molecule has 1 fully saturated rings. The summed E-state index contributed by atoms with van der Waals surface area (Å²) in [5, 5.41) is 0.712. The van der Waals surface area contributed by atoms with E-state index >= 15 is 0 Å². The number of esters is 1. The molecule has 88 valence electrons. The molecule has 0 aliphatic carbocycles. The third kappa shape index (κ3) is 4.03. The van der Waals surface area contributed by atoms with E-state index in [1.807, 2.05) is 25.6 Å². The van der Waals surface area contributed by atoms with Gasteiger partial charge in [-0.05, 0) is 20.3 Å². The molecule has 1 rings (SSSR count). The molecule has 15 heavy (non-hydrogen) atoms. The highest BCUT2D eigenvalue weighted by atomic mass is 32.2. The minimum absolute atomic E-state index is 0.0861. The Balaban J connectivity index is 2.44. The Morgan fingerprint density at radius 3 is 3.00 bits per heavy atom. The van der Waals surface area contributed by atoms with Gasteiger partial charge in [0.15, 0.2) is 0 Å². The van der Waals surface area contributed by atoms with E-state index < -0.39 is 0 Å². The van der Waals surface area contributed by atoms with Crippen LogP contribution in [0.2, 0.25) is 0 Å². The fourth-order valence-corrected chi connectivity index (χ4v) is 2.73. The highest BCUT2D eigenvalue weighted by Gasteiger charge is 2.24. The zero-order valence-electron chi connectivity index (χ0n) is 9.86. The maximum absolute atomic E-state index is 11.6. The second kappa shape index (κ2) is 6.38. The van der Waals surface area contributed by atoms with Gasteiger partial charge in [0.25, 0.3) is 0 Å². The van der Waals surface area contributed by atoms with Crippen LogP contribution in [-0.4, -0.2) is 47.6 Å². The lowest BCUT2D eigenvalue weighted by molar-refractivity contribution is -0.148. The standard InChI is InChI=1S/C11H21NO2S/c1-4-14-11(13)10(3)12-6-5-9(2)15-8-7-12/h9-10H,4-8H2,1-3H3/t9-,10-/m0/s1. The van der Waals surface area contributed by atoms with Gasteiger partial charge >= 0.3 is 5.97 Å². The molecular formula is C11H21NO2S. The van der Waals surface area contributed by atoms with Crippen molar-refractivity contribution in [3.8, 4) is 0 Å². The van der Waals surface area contributed by atoms with Crippen molar-refractivity contribution in [3.63, 3.8) is 0 Å². The van der Waals surface area contributed by atoms with Crippen molar-refractivity contribution in [2.75, 3.05) is 25.4 Å². The van der Waals surface area contributed by atoms with E-state index in [0.29, 0.717) is 11.9 Å². The maximum Gasteiger partial charge on any atom is 0.323 e. The predicted molar refractivity (Wildman–Crippen MR) is 64.2 cm³/mol. The molecule has 1 heterocycles. The van der Waals surface area contributed by atoms with Gasteiger partial charge in [0.2, 0.25) is 0 Å². The molecule has 0 unspecified atom stereocenters. The lowest BCUT2D eigenvalue weighted by Crippen LogP contribution is -2.41. The van der Waals surface area contributed by atoms with Crippen LogP contribution in [0.3, 0.4) is 0 Å². The molecule has 0 radical (unpaired) electrons. The van der Waals surface area contributed by atoms with Gasteiger partial charge < -0.3 is 4.74 Å². The first-order chi connectivity index (χ1) is 7.15. The van der Waals surface area contributed by atoms with E-state index in [1.165, 1.54) is 0 Å². The number of carbonyl (C=O) groups excluding carboxylic acids is 1. The molecule has 2 atom stereocenters. The smallest absolute Gasteiger partial charge is 0.323 e. The summed E-state index contributed by atoms with van der Waals surface area (Å²) in [5.41, 5.74) is 0. The zero-order valence-corrected chi connectivity index (χ0v) is 10.7. The molecule has 0 saturated carbocycles. The predicted octanol–water partition coefficient (Wildman–Crippen LogP) is 1.77. The van der Waals surface area contributed by atoms with Crippen molar-refractivity contribution in [1.29, 1.82) is 0 Å². The van der Waals surface area contributed by atoms with E-state index in [4.69, 9.17) is 4.74 Å². The molecular weight excluding hydrogens is 210 g/mol. The Morgan fingerprint density at radius 1 is 1.60 bits per heavy atom. The monoisotopic (exact) mass is 231 g/mol. The van der Waals surface area contributed by atoms with Gasteiger partial charge in [-0.2, -0.15) is 11.8 Å². The first kappa shape index (κ1) is 12.8. The molecule has 0 aromatic carbocycles. The fraction of sp³-hybridized carbons (Fsp3) is 0.909. The van der Waals surface area contributed by atoms with Crippen molar-refractivity contribution in [1.82, 2.24) is 4.90 Å². The Kier molecular flexibility index (Phi) is 5.47. The van der Waals surface area contributed by atoms with Crippen LogP contribution in [0, 0.1) is 0 Å². The second-order valence-corrected chi connectivity index (χ2v) is 5.48. The van der Waals surface area contributed by atoms with Crippen LogP contribution < -0.4 is 0 Å². The second-order valence-electron chi connectivity index (χ2n) is 3.93. The van der Waals surface area contributed by atoms with E-state index in [1.54, 1.807) is 0 Å². The molecule has 0 bridgehead atoms. The van der Waals surface area contributed by atoms with Gasteiger partial charge in [-0.25, -0.2) is 0 Å². The number of hydrogen-bond donors (Lipinski definition) is 0. The van der Waals surface area contributed by atoms with Crippen LogP contribution in [0.4, 0.5) is 0 Å². The molecule has 0 spiro atoms. The third-order valence-corrected chi connectivity index (χ3v) is 4.00. The SMILES string of the molecule is CCOC(=O)[C@H](C)N1CCS[C@@H](C)CC1. The summed E-state index contributed by atoms with van der Waals surface area (Å²) in [4.78, 5) is 13.8. The number of carbonyl (C=O) groups is 1. The van der Waals surface area contributed by atoms with Crippen molar-refractivity contribution >= 4 is 17.7 Å². The fourth-order valence-electron chi connectivity index (χ4n) is 1.71. The number of nitrogens with zero attached hydrogens (tertiary/aromatic N) is 1. The average Bonchev–Trinajstić information content (AvgIpc) is 2.42. The number of rotatable bonds is 3. The normalized spacial score (nSPS) is 25.7. The van der Waals surface area contributed by atoms with Crippen molar-refractivity contribution < 1.29 is 9.53 Å². The Morgan fingerprint density at radius 2 is 2.33 bits per heavy atom. The summed E-state index contributed by atoms with van der Waals surface area (Å²) >= 11 is 1.99. The van der Waals surface area contributed by atoms with Gasteiger partial charge in [-0.1, -0.05) is 6.92 Å². The first-order valence-corrected chi connectivity index (χ1v) is 6.72. The molecule has 4 heteroatoms. The van der Waals surface area contributed by atoms with E-state index in [9.17, 15) is 4.79 Å². The van der Waals surface area contributed by atoms with Crippen LogP contribution in [0.25, 0.3) is 0 Å². The molecule has 0 N–H and O–H groups in total. The van der Waals surface area contributed by atoms with Crippen LogP contribution in [-0.2, 0) is 9.53 Å². The number of thioether (sulfide) groups is 1. The van der Waals surface area contributed by atoms with Gasteiger partial charge in [0.05, 0.1) is 6.61 Å². The molecule has 1 aliphatic heterocycles. The van der Waals surface area contributed by atoms with E-state index in [2.05, 4.69) is 11.8 Å². The lowest BCUT2D eigenvalue weighted by atomic mass is 10.2. The molecule has 0 aromatic rings. The molecule has 0 aromatic heterocycles. The third-order valence-electron chi connectivity index (χ3n) is 2.78. The van der Waals surface area contributed by atoms with Crippen LogP contribution in [0.5, 0.6) is 0 Å². The zero-order chi connectivity index (χ0) is 11.3. The van der Waals surface area contributed by atoms with Gasteiger partial charge in [0.1, 0.15) is 6.04 Å². The van der Waals surface area contributed by atoms with Crippen molar-refractivity contribution in [3.05, 3.63) is 0 Å². The number of hydrogen-bond acceptors (Lipinski definition) is 4. The Bertz CT molecular complexity index is 211. The summed E-state index contributed by atoms with van der Waals surface area (Å²) in [5.74, 6) is 1.03. The maximum atomic E-state index is 11.6. The lowest BCUT2D eigenvalue weighted by Gasteiger charge is -2.25. The summed E-state index contributed by atoms with van der Waals surface area (Å²) in [6.07, 6.45) is 1.16. The molecule has 3 nitrogen and oxygen atoms in total. The van der Waals surface area contributed by atoms with Gasteiger partial charge in [0, 0.05) is 24.1 Å². The van der Waals surface area contributed by atoms with E-state index in [-0.39, 0.29) is 12.0 Å². The highest BCUT2D eigenvalue weighted by Crippen LogP contribution is 2.20. The molecule has 1 saturated heterocycles. The van der Waals surface area contributed by atoms with Crippen molar-refractivity contribution in [2.24, 2.45) is 0 Å². The van der Waals surface area contributed by atoms with Gasteiger partial charge in [-0.15, -0.1) is 0 Å². The topological polar surface area (TPSA) is 29.5 Å². The summed E-state index contributed by atoms with van der Waals surface area (Å²) in [7, 11) is 0. The van der Waals surface area contributed by atoms with Gasteiger partial charge in [-0.3, -0.25) is 9.69 Å². The van der Waals surface area contributed by atoms with Crippen LogP contribution in [0.15, 0.2) is 0 Å². The summed E-state index contributed by atoms with van der Waals surface area (Å²) in [6, 6.07) is -0.0872. The first-order valence-electron chi connectivity index (χ1n) is 5.67. The highest BCUT2D eigenvalue weighted by molar-refractivity contribution is 7.99. The van der Waals surface area contributed by atoms with Crippen molar-refractivity contribution in [2.45, 2.75) is 38.5 Å². The summed E-state index contributed by atoms with van der Waals surface area (Å²) < 4.78 is 5.04. The van der Waals surface area contributed by atoms with E-state index in [0.717, 1.165) is 25.3 Å². The average molecular weight is 231 g/mol. The molecule has 0 amide bonds. The quantitative estimate of drug-likeness (QED) is 0.692.